The smallest absolute Gasteiger partial charge is 0.161 e. The van der Waals surface area contributed by atoms with E-state index in [-0.39, 0.29) is 11.6 Å². The summed E-state index contributed by atoms with van der Waals surface area (Å²) in [5.74, 6) is 0.299. The summed E-state index contributed by atoms with van der Waals surface area (Å²) < 4.78 is 13.8. The van der Waals surface area contributed by atoms with Gasteiger partial charge >= 0.3 is 0 Å². The Morgan fingerprint density at radius 2 is 2.00 bits per heavy atom. The first kappa shape index (κ1) is 13.2. The zero-order chi connectivity index (χ0) is 13.8. The molecule has 2 aromatic rings. The zero-order valence-electron chi connectivity index (χ0n) is 10.9. The minimum absolute atomic E-state index is 0.0343. The topological polar surface area (TPSA) is 33.2 Å². The van der Waals surface area contributed by atoms with Gasteiger partial charge in [-0.25, -0.2) is 9.37 Å². The molecule has 1 heterocycles. The molecule has 0 spiro atoms. The molecule has 0 bridgehead atoms. The van der Waals surface area contributed by atoms with Crippen LogP contribution in [0.4, 0.5) is 15.9 Å². The molecule has 0 saturated carbocycles. The second-order valence-electron chi connectivity index (χ2n) is 4.16. The van der Waals surface area contributed by atoms with Crippen LogP contribution in [-0.4, -0.2) is 17.3 Å². The summed E-state index contributed by atoms with van der Waals surface area (Å²) >= 11 is 0. The molecule has 98 valence electrons. The molecular weight excluding hydrogens is 243 g/mol. The van der Waals surface area contributed by atoms with E-state index >= 15 is 0 Å². The number of nitrogens with zero attached hydrogens (tertiary/aromatic N) is 2. The molecule has 0 radical (unpaired) electrons. The van der Waals surface area contributed by atoms with Gasteiger partial charge in [0, 0.05) is 18.3 Å². The number of benzene rings is 1. The lowest BCUT2D eigenvalue weighted by Crippen LogP contribution is -2.18. The van der Waals surface area contributed by atoms with Gasteiger partial charge in [-0.2, -0.15) is 0 Å². The highest BCUT2D eigenvalue weighted by atomic mass is 19.1. The summed E-state index contributed by atoms with van der Waals surface area (Å²) in [6.45, 7) is 4.01. The third-order valence-corrected chi connectivity index (χ3v) is 2.89. The van der Waals surface area contributed by atoms with Gasteiger partial charge in [-0.15, -0.1) is 0 Å². The van der Waals surface area contributed by atoms with Crippen LogP contribution < -0.4 is 4.90 Å². The van der Waals surface area contributed by atoms with Crippen molar-refractivity contribution in [2.75, 3.05) is 11.4 Å². The molecule has 3 nitrogen and oxygen atoms in total. The molecule has 0 saturated heterocycles. The van der Waals surface area contributed by atoms with E-state index in [2.05, 4.69) is 4.98 Å². The van der Waals surface area contributed by atoms with Crippen molar-refractivity contribution in [3.63, 3.8) is 0 Å². The Morgan fingerprint density at radius 3 is 2.53 bits per heavy atom. The Kier molecular flexibility index (Phi) is 3.90. The Hall–Kier alpha value is -2.23. The van der Waals surface area contributed by atoms with E-state index in [9.17, 15) is 9.18 Å². The predicted octanol–water partition coefficient (Wildman–Crippen LogP) is 3.58. The first-order valence-corrected chi connectivity index (χ1v) is 6.12. The fourth-order valence-electron chi connectivity index (χ4n) is 1.88. The number of Topliss-reactive ketones (excluding diaryl/α,β-unsaturated/α-hetero) is 1. The number of aromatic nitrogens is 1. The second kappa shape index (κ2) is 5.61. The highest BCUT2D eigenvalue weighted by Crippen LogP contribution is 2.25. The number of anilines is 2. The van der Waals surface area contributed by atoms with Crippen molar-refractivity contribution >= 4 is 17.3 Å². The molecule has 0 fully saturated rings. The fraction of sp³-hybridized carbons (Fsp3) is 0.200. The summed E-state index contributed by atoms with van der Waals surface area (Å²) in [6.07, 6.45) is 1.52. The number of hydrogen-bond donors (Lipinski definition) is 0. The summed E-state index contributed by atoms with van der Waals surface area (Å²) in [5, 5.41) is 0. The largest absolute Gasteiger partial charge is 0.324 e. The number of pyridine rings is 1. The number of rotatable bonds is 4. The van der Waals surface area contributed by atoms with Crippen molar-refractivity contribution < 1.29 is 9.18 Å². The Labute approximate surface area is 111 Å². The number of halogens is 1. The third kappa shape index (κ3) is 2.78. The van der Waals surface area contributed by atoms with Crippen molar-refractivity contribution in [3.05, 3.63) is 54.0 Å². The van der Waals surface area contributed by atoms with Crippen molar-refractivity contribution in [1.82, 2.24) is 4.98 Å². The molecule has 0 aliphatic heterocycles. The van der Waals surface area contributed by atoms with E-state index in [0.717, 1.165) is 0 Å². The van der Waals surface area contributed by atoms with E-state index in [1.807, 2.05) is 6.92 Å². The normalized spacial score (nSPS) is 10.3. The average Bonchev–Trinajstić information content (AvgIpc) is 2.42. The lowest BCUT2D eigenvalue weighted by molar-refractivity contribution is 0.101. The van der Waals surface area contributed by atoms with Crippen LogP contribution in [0.3, 0.4) is 0 Å². The highest BCUT2D eigenvalue weighted by molar-refractivity contribution is 5.93. The van der Waals surface area contributed by atoms with Gasteiger partial charge in [-0.05, 0) is 38.1 Å². The lowest BCUT2D eigenvalue weighted by atomic mass is 10.2. The van der Waals surface area contributed by atoms with Crippen LogP contribution >= 0.6 is 0 Å². The van der Waals surface area contributed by atoms with Crippen molar-refractivity contribution in [2.24, 2.45) is 0 Å². The first-order valence-electron chi connectivity index (χ1n) is 6.12. The minimum atomic E-state index is -0.290. The van der Waals surface area contributed by atoms with Gasteiger partial charge in [-0.3, -0.25) is 4.79 Å². The molecule has 0 amide bonds. The fourth-order valence-corrected chi connectivity index (χ4v) is 1.88. The standard InChI is InChI=1S/C15H15FN2O/c1-3-18(14-7-5-4-6-13(14)16)15-9-8-12(10-17-15)11(2)19/h4-10H,3H2,1-2H3. The van der Waals surface area contributed by atoms with E-state index < -0.39 is 0 Å². The molecule has 0 N–H and O–H groups in total. The molecule has 0 aliphatic rings. The van der Waals surface area contributed by atoms with Gasteiger partial charge in [0.1, 0.15) is 11.6 Å². The minimum Gasteiger partial charge on any atom is -0.324 e. The monoisotopic (exact) mass is 258 g/mol. The Morgan fingerprint density at radius 1 is 1.26 bits per heavy atom. The van der Waals surface area contributed by atoms with Gasteiger partial charge in [-0.1, -0.05) is 12.1 Å². The number of ketones is 1. The van der Waals surface area contributed by atoms with Crippen molar-refractivity contribution in [1.29, 1.82) is 0 Å². The maximum Gasteiger partial charge on any atom is 0.161 e. The molecule has 0 unspecified atom stereocenters. The Balaban J connectivity index is 2.37. The van der Waals surface area contributed by atoms with Crippen molar-refractivity contribution in [3.8, 4) is 0 Å². The maximum atomic E-state index is 13.8. The molecule has 4 heteroatoms. The number of carbonyl (C=O) groups excluding carboxylic acids is 1. The molecule has 0 atom stereocenters. The third-order valence-electron chi connectivity index (χ3n) is 2.89. The number of carbonyl (C=O) groups is 1. The molecule has 0 aliphatic carbocycles. The first-order chi connectivity index (χ1) is 9.13. The van der Waals surface area contributed by atoms with Crippen LogP contribution in [0, 0.1) is 5.82 Å². The van der Waals surface area contributed by atoms with Crippen molar-refractivity contribution in [2.45, 2.75) is 13.8 Å². The van der Waals surface area contributed by atoms with Crippen LogP contribution in [0.1, 0.15) is 24.2 Å². The summed E-state index contributed by atoms with van der Waals surface area (Å²) in [5.41, 5.74) is 1.03. The quantitative estimate of drug-likeness (QED) is 0.786. The molecule has 1 aromatic heterocycles. The van der Waals surface area contributed by atoms with E-state index in [4.69, 9.17) is 0 Å². The van der Waals surface area contributed by atoms with E-state index in [1.54, 1.807) is 35.2 Å². The molecule has 2 rings (SSSR count). The van der Waals surface area contributed by atoms with Crippen LogP contribution in [0.15, 0.2) is 42.6 Å². The van der Waals surface area contributed by atoms with E-state index in [1.165, 1.54) is 19.2 Å². The molecular formula is C15H15FN2O. The van der Waals surface area contributed by atoms with Gasteiger partial charge in [0.25, 0.3) is 0 Å². The summed E-state index contributed by atoms with van der Waals surface area (Å²) in [7, 11) is 0. The van der Waals surface area contributed by atoms with Crippen LogP contribution in [0.25, 0.3) is 0 Å². The zero-order valence-corrected chi connectivity index (χ0v) is 10.9. The van der Waals surface area contributed by atoms with Gasteiger partial charge in [0.2, 0.25) is 0 Å². The summed E-state index contributed by atoms with van der Waals surface area (Å²) in [4.78, 5) is 17.2. The SMILES string of the molecule is CCN(c1ccc(C(C)=O)cn1)c1ccccc1F. The van der Waals surface area contributed by atoms with Gasteiger partial charge in [0.05, 0.1) is 5.69 Å². The lowest BCUT2D eigenvalue weighted by Gasteiger charge is -2.22. The highest BCUT2D eigenvalue weighted by Gasteiger charge is 2.12. The number of para-hydroxylation sites is 1. The summed E-state index contributed by atoms with van der Waals surface area (Å²) in [6, 6.07) is 9.99. The Bertz CT molecular complexity index is 581. The van der Waals surface area contributed by atoms with Crippen LogP contribution in [0.2, 0.25) is 0 Å². The average molecular weight is 258 g/mol. The second-order valence-corrected chi connectivity index (χ2v) is 4.16. The van der Waals surface area contributed by atoms with Gasteiger partial charge in [0.15, 0.2) is 5.78 Å². The maximum absolute atomic E-state index is 13.8. The van der Waals surface area contributed by atoms with Gasteiger partial charge < -0.3 is 4.90 Å². The number of hydrogen-bond acceptors (Lipinski definition) is 3. The molecule has 19 heavy (non-hydrogen) atoms. The van der Waals surface area contributed by atoms with Crippen LogP contribution in [0.5, 0.6) is 0 Å². The predicted molar refractivity (Wildman–Crippen MR) is 73.3 cm³/mol. The molecule has 1 aromatic carbocycles. The van der Waals surface area contributed by atoms with Crippen LogP contribution in [-0.2, 0) is 0 Å². The van der Waals surface area contributed by atoms with E-state index in [0.29, 0.717) is 23.6 Å².